The van der Waals surface area contributed by atoms with Gasteiger partial charge in [0.15, 0.2) is 0 Å². The zero-order valence-corrected chi connectivity index (χ0v) is 12.2. The Kier molecular flexibility index (Phi) is 5.71. The van der Waals surface area contributed by atoms with Gasteiger partial charge in [0.25, 0.3) is 0 Å². The first kappa shape index (κ1) is 14.3. The molecule has 0 saturated heterocycles. The highest BCUT2D eigenvalue weighted by Crippen LogP contribution is 2.25. The number of pyridine rings is 1. The SMILES string of the molecule is CCCNC(=O)CN(C)c1ncc(Cl)cc1Br. The van der Waals surface area contributed by atoms with Crippen molar-refractivity contribution in [2.45, 2.75) is 13.3 Å². The Bertz CT molecular complexity index is 400. The van der Waals surface area contributed by atoms with Crippen LogP contribution in [0.15, 0.2) is 16.7 Å². The van der Waals surface area contributed by atoms with Crippen molar-refractivity contribution in [1.82, 2.24) is 10.3 Å². The number of hydrogen-bond acceptors (Lipinski definition) is 3. The van der Waals surface area contributed by atoms with E-state index >= 15 is 0 Å². The molecule has 17 heavy (non-hydrogen) atoms. The average molecular weight is 321 g/mol. The van der Waals surface area contributed by atoms with Crippen molar-refractivity contribution in [2.24, 2.45) is 0 Å². The lowest BCUT2D eigenvalue weighted by molar-refractivity contribution is -0.119. The van der Waals surface area contributed by atoms with E-state index in [-0.39, 0.29) is 12.5 Å². The van der Waals surface area contributed by atoms with Crippen molar-refractivity contribution in [3.63, 3.8) is 0 Å². The van der Waals surface area contributed by atoms with Crippen molar-refractivity contribution < 1.29 is 4.79 Å². The summed E-state index contributed by atoms with van der Waals surface area (Å²) >= 11 is 9.18. The van der Waals surface area contributed by atoms with Gasteiger partial charge < -0.3 is 10.2 Å². The van der Waals surface area contributed by atoms with Crippen molar-refractivity contribution in [2.75, 3.05) is 25.0 Å². The van der Waals surface area contributed by atoms with Gasteiger partial charge in [0.05, 0.1) is 16.0 Å². The van der Waals surface area contributed by atoms with Crippen LogP contribution in [0.3, 0.4) is 0 Å². The van der Waals surface area contributed by atoms with Crippen LogP contribution in [0.2, 0.25) is 5.02 Å². The van der Waals surface area contributed by atoms with Crippen LogP contribution in [0.5, 0.6) is 0 Å². The van der Waals surface area contributed by atoms with Gasteiger partial charge in [-0.3, -0.25) is 4.79 Å². The van der Waals surface area contributed by atoms with Gasteiger partial charge in [-0.2, -0.15) is 0 Å². The zero-order chi connectivity index (χ0) is 12.8. The van der Waals surface area contributed by atoms with Crippen LogP contribution in [0.1, 0.15) is 13.3 Å². The molecule has 0 aromatic carbocycles. The number of carbonyl (C=O) groups is 1. The second-order valence-electron chi connectivity index (χ2n) is 3.66. The van der Waals surface area contributed by atoms with E-state index in [1.807, 2.05) is 14.0 Å². The number of likely N-dealkylation sites (N-methyl/N-ethyl adjacent to an activating group) is 1. The maximum absolute atomic E-state index is 11.5. The molecule has 0 aliphatic heterocycles. The lowest BCUT2D eigenvalue weighted by Crippen LogP contribution is -2.35. The minimum Gasteiger partial charge on any atom is -0.355 e. The molecule has 0 spiro atoms. The minimum absolute atomic E-state index is 0.0157. The van der Waals surface area contributed by atoms with Crippen LogP contribution in [0.4, 0.5) is 5.82 Å². The smallest absolute Gasteiger partial charge is 0.239 e. The van der Waals surface area contributed by atoms with E-state index in [4.69, 9.17) is 11.6 Å². The summed E-state index contributed by atoms with van der Waals surface area (Å²) in [5, 5.41) is 3.37. The van der Waals surface area contributed by atoms with E-state index in [2.05, 4.69) is 26.2 Å². The molecule has 0 fully saturated rings. The first-order valence-electron chi connectivity index (χ1n) is 5.33. The van der Waals surface area contributed by atoms with Gasteiger partial charge in [-0.05, 0) is 28.4 Å². The molecule has 0 unspecified atom stereocenters. The molecule has 0 radical (unpaired) electrons. The summed E-state index contributed by atoms with van der Waals surface area (Å²) in [6, 6.07) is 1.75. The largest absolute Gasteiger partial charge is 0.355 e. The Morgan fingerprint density at radius 3 is 2.94 bits per heavy atom. The van der Waals surface area contributed by atoms with Gasteiger partial charge in [-0.15, -0.1) is 0 Å². The summed E-state index contributed by atoms with van der Waals surface area (Å²) in [6.45, 7) is 2.98. The zero-order valence-electron chi connectivity index (χ0n) is 9.83. The molecular weight excluding hydrogens is 305 g/mol. The number of amides is 1. The molecule has 0 saturated carbocycles. The van der Waals surface area contributed by atoms with E-state index in [1.165, 1.54) is 0 Å². The first-order valence-corrected chi connectivity index (χ1v) is 6.50. The summed E-state index contributed by atoms with van der Waals surface area (Å²) in [5.41, 5.74) is 0. The molecule has 1 rings (SSSR count). The van der Waals surface area contributed by atoms with Gasteiger partial charge in [-0.1, -0.05) is 18.5 Å². The highest BCUT2D eigenvalue weighted by Gasteiger charge is 2.11. The third-order valence-electron chi connectivity index (χ3n) is 2.10. The van der Waals surface area contributed by atoms with E-state index in [9.17, 15) is 4.79 Å². The lowest BCUT2D eigenvalue weighted by atomic mass is 10.4. The number of nitrogens with one attached hydrogen (secondary N) is 1. The standard InChI is InChI=1S/C11H15BrClN3O/c1-3-4-14-10(17)7-16(2)11-9(12)5-8(13)6-15-11/h5-6H,3-4,7H2,1-2H3,(H,14,17). The molecule has 0 aliphatic rings. The molecular formula is C11H15BrClN3O. The van der Waals surface area contributed by atoms with Crippen LogP contribution in [0, 0.1) is 0 Å². The number of hydrogen-bond donors (Lipinski definition) is 1. The van der Waals surface area contributed by atoms with Crippen molar-refractivity contribution in [3.05, 3.63) is 21.8 Å². The maximum Gasteiger partial charge on any atom is 0.239 e. The third-order valence-corrected chi connectivity index (χ3v) is 2.89. The van der Waals surface area contributed by atoms with E-state index < -0.39 is 0 Å². The Morgan fingerprint density at radius 2 is 2.35 bits per heavy atom. The maximum atomic E-state index is 11.5. The van der Waals surface area contributed by atoms with Crippen LogP contribution in [0.25, 0.3) is 0 Å². The molecule has 1 heterocycles. The predicted molar refractivity (Wildman–Crippen MR) is 73.5 cm³/mol. The quantitative estimate of drug-likeness (QED) is 0.906. The van der Waals surface area contributed by atoms with E-state index in [0.717, 1.165) is 10.9 Å². The van der Waals surface area contributed by atoms with Gasteiger partial charge in [0.2, 0.25) is 5.91 Å². The summed E-state index contributed by atoms with van der Waals surface area (Å²) in [7, 11) is 1.81. The summed E-state index contributed by atoms with van der Waals surface area (Å²) in [5.74, 6) is 0.680. The van der Waals surface area contributed by atoms with Crippen molar-refractivity contribution in [1.29, 1.82) is 0 Å². The topological polar surface area (TPSA) is 45.2 Å². The van der Waals surface area contributed by atoms with Crippen molar-refractivity contribution >= 4 is 39.3 Å². The Balaban J connectivity index is 2.63. The fourth-order valence-corrected chi connectivity index (χ4v) is 2.24. The first-order chi connectivity index (χ1) is 8.04. The number of rotatable bonds is 5. The molecule has 0 bridgehead atoms. The van der Waals surface area contributed by atoms with Gasteiger partial charge >= 0.3 is 0 Å². The van der Waals surface area contributed by atoms with Crippen LogP contribution < -0.4 is 10.2 Å². The van der Waals surface area contributed by atoms with Crippen LogP contribution in [-0.2, 0) is 4.79 Å². The highest BCUT2D eigenvalue weighted by atomic mass is 79.9. The van der Waals surface area contributed by atoms with Gasteiger partial charge in [0, 0.05) is 19.8 Å². The van der Waals surface area contributed by atoms with E-state index in [0.29, 0.717) is 17.4 Å². The fourth-order valence-electron chi connectivity index (χ4n) is 1.30. The molecule has 1 aromatic heterocycles. The average Bonchev–Trinajstić information content (AvgIpc) is 2.26. The molecule has 6 heteroatoms. The molecule has 4 nitrogen and oxygen atoms in total. The molecule has 1 aromatic rings. The molecule has 0 atom stereocenters. The minimum atomic E-state index is -0.0157. The Morgan fingerprint density at radius 1 is 1.65 bits per heavy atom. The number of anilines is 1. The number of carbonyl (C=O) groups excluding carboxylic acids is 1. The second-order valence-corrected chi connectivity index (χ2v) is 4.96. The molecule has 94 valence electrons. The summed E-state index contributed by atoms with van der Waals surface area (Å²) in [4.78, 5) is 17.5. The summed E-state index contributed by atoms with van der Waals surface area (Å²) < 4.78 is 0.774. The third kappa shape index (κ3) is 4.52. The highest BCUT2D eigenvalue weighted by molar-refractivity contribution is 9.10. The molecule has 1 amide bonds. The second kappa shape index (κ2) is 6.81. The number of halogens is 2. The molecule has 0 aliphatic carbocycles. The van der Waals surface area contributed by atoms with Crippen LogP contribution >= 0.6 is 27.5 Å². The van der Waals surface area contributed by atoms with Crippen molar-refractivity contribution in [3.8, 4) is 0 Å². The number of nitrogens with zero attached hydrogens (tertiary/aromatic N) is 2. The normalized spacial score (nSPS) is 10.1. The van der Waals surface area contributed by atoms with Gasteiger partial charge in [-0.25, -0.2) is 4.98 Å². The van der Waals surface area contributed by atoms with E-state index in [1.54, 1.807) is 17.2 Å². The number of aromatic nitrogens is 1. The lowest BCUT2D eigenvalue weighted by Gasteiger charge is -2.18. The fraction of sp³-hybridized carbons (Fsp3) is 0.455. The Hall–Kier alpha value is -0.810. The predicted octanol–water partition coefficient (Wildman–Crippen LogP) is 2.46. The van der Waals surface area contributed by atoms with Crippen LogP contribution in [-0.4, -0.2) is 31.0 Å². The monoisotopic (exact) mass is 319 g/mol. The molecule has 1 N–H and O–H groups in total. The van der Waals surface area contributed by atoms with Gasteiger partial charge in [0.1, 0.15) is 5.82 Å². The summed E-state index contributed by atoms with van der Waals surface area (Å²) in [6.07, 6.45) is 2.49. The Labute approximate surface area is 114 Å².